The topological polar surface area (TPSA) is 70.6 Å². The van der Waals surface area contributed by atoms with E-state index in [2.05, 4.69) is 46.5 Å². The van der Waals surface area contributed by atoms with E-state index in [0.29, 0.717) is 12.6 Å². The van der Waals surface area contributed by atoms with Gasteiger partial charge in [0, 0.05) is 62.7 Å². The summed E-state index contributed by atoms with van der Waals surface area (Å²) in [5, 5.41) is 6.95. The van der Waals surface area contributed by atoms with E-state index in [1.54, 1.807) is 14.2 Å². The van der Waals surface area contributed by atoms with E-state index in [-0.39, 0.29) is 6.10 Å². The maximum Gasteiger partial charge on any atom is 0.191 e. The highest BCUT2D eigenvalue weighted by Gasteiger charge is 2.25. The molecule has 2 atom stereocenters. The van der Waals surface area contributed by atoms with Crippen molar-refractivity contribution in [3.8, 4) is 11.5 Å². The number of ether oxygens (including phenoxy) is 3. The molecule has 2 fully saturated rings. The van der Waals surface area contributed by atoms with Gasteiger partial charge in [-0.15, -0.1) is 0 Å². The van der Waals surface area contributed by atoms with E-state index in [4.69, 9.17) is 19.2 Å². The van der Waals surface area contributed by atoms with Gasteiger partial charge < -0.3 is 34.6 Å². The van der Waals surface area contributed by atoms with Crippen molar-refractivity contribution >= 4 is 11.6 Å². The van der Waals surface area contributed by atoms with Crippen molar-refractivity contribution in [2.75, 3.05) is 72.0 Å². The first kappa shape index (κ1) is 21.5. The summed E-state index contributed by atoms with van der Waals surface area (Å²) in [4.78, 5) is 9.42. The average molecular weight is 406 g/mol. The largest absolute Gasteiger partial charge is 0.497 e. The predicted molar refractivity (Wildman–Crippen MR) is 117 cm³/mol. The number of nitrogens with zero attached hydrogens (tertiary/aromatic N) is 3. The minimum absolute atomic E-state index is 0.161. The van der Waals surface area contributed by atoms with Crippen molar-refractivity contribution in [3.05, 3.63) is 18.2 Å². The lowest BCUT2D eigenvalue weighted by molar-refractivity contribution is -0.0136. The van der Waals surface area contributed by atoms with Gasteiger partial charge in [-0.05, 0) is 20.4 Å². The lowest BCUT2D eigenvalue weighted by Gasteiger charge is -2.29. The third-order valence-corrected chi connectivity index (χ3v) is 5.37. The van der Waals surface area contributed by atoms with E-state index in [0.717, 1.165) is 68.9 Å². The molecule has 0 aromatic heterocycles. The molecule has 1 aromatic rings. The Kier molecular flexibility index (Phi) is 7.83. The molecule has 8 nitrogen and oxygen atoms in total. The van der Waals surface area contributed by atoms with E-state index in [1.165, 1.54) is 0 Å². The van der Waals surface area contributed by atoms with Crippen LogP contribution in [0.2, 0.25) is 0 Å². The minimum Gasteiger partial charge on any atom is -0.497 e. The molecule has 2 unspecified atom stereocenters. The molecule has 0 aliphatic carbocycles. The van der Waals surface area contributed by atoms with Gasteiger partial charge in [-0.25, -0.2) is 0 Å². The number of guanidine groups is 1. The SMILES string of the molecule is CCNC(=NCC1CN(C)CCO1)NC1CCN(c2cc(OC)cc(OC)c2)C1. The number of benzene rings is 1. The molecule has 1 aromatic carbocycles. The molecule has 2 N–H and O–H groups in total. The molecule has 0 bridgehead atoms. The maximum atomic E-state index is 5.83. The van der Waals surface area contributed by atoms with Gasteiger partial charge in [-0.2, -0.15) is 0 Å². The van der Waals surface area contributed by atoms with Gasteiger partial charge in [0.1, 0.15) is 11.5 Å². The van der Waals surface area contributed by atoms with Gasteiger partial charge in [-0.3, -0.25) is 4.99 Å². The van der Waals surface area contributed by atoms with Crippen molar-refractivity contribution < 1.29 is 14.2 Å². The van der Waals surface area contributed by atoms with E-state index in [9.17, 15) is 0 Å². The molecule has 162 valence electrons. The normalized spacial score (nSPS) is 23.2. The van der Waals surface area contributed by atoms with Crippen LogP contribution in [0, 0.1) is 0 Å². The second-order valence-corrected chi connectivity index (χ2v) is 7.62. The number of methoxy groups -OCH3 is 2. The number of hydrogen-bond acceptors (Lipinski definition) is 6. The van der Waals surface area contributed by atoms with Crippen LogP contribution in [0.1, 0.15) is 13.3 Å². The van der Waals surface area contributed by atoms with E-state index >= 15 is 0 Å². The quantitative estimate of drug-likeness (QED) is 0.521. The monoisotopic (exact) mass is 405 g/mol. The van der Waals surface area contributed by atoms with E-state index < -0.39 is 0 Å². The highest BCUT2D eigenvalue weighted by atomic mass is 16.5. The Morgan fingerprint density at radius 1 is 1.17 bits per heavy atom. The molecule has 29 heavy (non-hydrogen) atoms. The van der Waals surface area contributed by atoms with Crippen LogP contribution < -0.4 is 25.0 Å². The zero-order valence-corrected chi connectivity index (χ0v) is 18.1. The van der Waals surface area contributed by atoms with E-state index in [1.807, 2.05) is 6.07 Å². The number of nitrogens with one attached hydrogen (secondary N) is 2. The first-order valence-corrected chi connectivity index (χ1v) is 10.4. The standard InChI is InChI=1S/C21H35N5O3/c1-5-22-21(23-13-20-15-25(2)8-9-29-20)24-16-6-7-26(14-16)17-10-18(27-3)12-19(11-17)28-4/h10-12,16,20H,5-9,13-15H2,1-4H3,(H2,22,23,24). The van der Waals surface area contributed by atoms with Crippen molar-refractivity contribution in [1.29, 1.82) is 0 Å². The zero-order chi connectivity index (χ0) is 20.6. The van der Waals surface area contributed by atoms with Gasteiger partial charge >= 0.3 is 0 Å². The second-order valence-electron chi connectivity index (χ2n) is 7.62. The predicted octanol–water partition coefficient (Wildman–Crippen LogP) is 1.17. The van der Waals surface area contributed by atoms with Crippen molar-refractivity contribution in [2.45, 2.75) is 25.5 Å². The summed E-state index contributed by atoms with van der Waals surface area (Å²) in [6, 6.07) is 6.35. The molecule has 0 amide bonds. The fourth-order valence-electron chi connectivity index (χ4n) is 3.77. The van der Waals surface area contributed by atoms with Crippen LogP contribution in [0.4, 0.5) is 5.69 Å². The average Bonchev–Trinajstić information content (AvgIpc) is 3.20. The summed E-state index contributed by atoms with van der Waals surface area (Å²) in [5.74, 6) is 2.48. The summed E-state index contributed by atoms with van der Waals surface area (Å²) < 4.78 is 16.7. The van der Waals surface area contributed by atoms with Gasteiger partial charge in [0.05, 0.1) is 33.5 Å². The molecule has 2 saturated heterocycles. The number of likely N-dealkylation sites (N-methyl/N-ethyl adjacent to an activating group) is 1. The number of rotatable bonds is 7. The van der Waals surface area contributed by atoms with Crippen LogP contribution in [0.5, 0.6) is 11.5 Å². The van der Waals surface area contributed by atoms with Crippen LogP contribution in [0.25, 0.3) is 0 Å². The number of morpholine rings is 1. The third-order valence-electron chi connectivity index (χ3n) is 5.37. The highest BCUT2D eigenvalue weighted by Crippen LogP contribution is 2.30. The van der Waals surface area contributed by atoms with Gasteiger partial charge in [-0.1, -0.05) is 0 Å². The molecule has 0 saturated carbocycles. The van der Waals surface area contributed by atoms with Crippen LogP contribution >= 0.6 is 0 Å². The lowest BCUT2D eigenvalue weighted by Crippen LogP contribution is -2.46. The Morgan fingerprint density at radius 3 is 2.59 bits per heavy atom. The summed E-state index contributed by atoms with van der Waals surface area (Å²) in [6.07, 6.45) is 1.21. The number of anilines is 1. The number of hydrogen-bond donors (Lipinski definition) is 2. The zero-order valence-electron chi connectivity index (χ0n) is 18.1. The Hall–Kier alpha value is -2.19. The van der Waals surface area contributed by atoms with Crippen molar-refractivity contribution in [2.24, 2.45) is 4.99 Å². The summed E-state index contributed by atoms with van der Waals surface area (Å²) in [6.45, 7) is 8.17. The minimum atomic E-state index is 0.161. The van der Waals surface area contributed by atoms with Gasteiger partial charge in [0.15, 0.2) is 5.96 Å². The number of aliphatic imine (C=N–C) groups is 1. The van der Waals surface area contributed by atoms with Crippen LogP contribution in [-0.2, 0) is 4.74 Å². The van der Waals surface area contributed by atoms with Crippen LogP contribution in [0.3, 0.4) is 0 Å². The third kappa shape index (κ3) is 6.14. The van der Waals surface area contributed by atoms with Crippen molar-refractivity contribution in [3.63, 3.8) is 0 Å². The second kappa shape index (κ2) is 10.5. The molecule has 0 spiro atoms. The molecular weight excluding hydrogens is 370 g/mol. The molecule has 2 heterocycles. The van der Waals surface area contributed by atoms with Crippen LogP contribution in [-0.4, -0.2) is 90.1 Å². The smallest absolute Gasteiger partial charge is 0.191 e. The summed E-state index contributed by atoms with van der Waals surface area (Å²) in [7, 11) is 5.49. The molecule has 2 aliphatic heterocycles. The Bertz CT molecular complexity index is 662. The maximum absolute atomic E-state index is 5.83. The van der Waals surface area contributed by atoms with Gasteiger partial charge in [0.2, 0.25) is 0 Å². The Labute approximate surface area is 174 Å². The first-order chi connectivity index (χ1) is 14.1. The molecule has 8 heteroatoms. The Balaban J connectivity index is 1.58. The van der Waals surface area contributed by atoms with Crippen LogP contribution in [0.15, 0.2) is 23.2 Å². The lowest BCUT2D eigenvalue weighted by atomic mass is 10.2. The van der Waals surface area contributed by atoms with Gasteiger partial charge in [0.25, 0.3) is 0 Å². The molecule has 2 aliphatic rings. The summed E-state index contributed by atoms with van der Waals surface area (Å²) in [5.41, 5.74) is 1.12. The Morgan fingerprint density at radius 2 is 1.93 bits per heavy atom. The fourth-order valence-corrected chi connectivity index (χ4v) is 3.77. The summed E-state index contributed by atoms with van der Waals surface area (Å²) >= 11 is 0. The first-order valence-electron chi connectivity index (χ1n) is 10.4. The van der Waals surface area contributed by atoms with Crippen molar-refractivity contribution in [1.82, 2.24) is 15.5 Å². The molecular formula is C21H35N5O3. The molecule has 0 radical (unpaired) electrons. The molecule has 3 rings (SSSR count). The fraction of sp³-hybridized carbons (Fsp3) is 0.667. The highest BCUT2D eigenvalue weighted by molar-refractivity contribution is 5.80.